The number of hydrogen-bond donors (Lipinski definition) is 2. The molecule has 43 heavy (non-hydrogen) atoms. The monoisotopic (exact) mass is 584 g/mol. The molecule has 0 unspecified atom stereocenters. The van der Waals surface area contributed by atoms with E-state index in [2.05, 4.69) is 16.3 Å². The summed E-state index contributed by atoms with van der Waals surface area (Å²) in [6.45, 7) is 5.10. The summed E-state index contributed by atoms with van der Waals surface area (Å²) in [5, 5.41) is 3.40. The van der Waals surface area contributed by atoms with Crippen molar-refractivity contribution in [1.29, 1.82) is 0 Å². The highest BCUT2D eigenvalue weighted by Crippen LogP contribution is 2.44. The Kier molecular flexibility index (Phi) is 9.79. The van der Waals surface area contributed by atoms with Gasteiger partial charge in [-0.25, -0.2) is 0 Å². The van der Waals surface area contributed by atoms with Crippen molar-refractivity contribution in [2.45, 2.75) is 82.6 Å². The van der Waals surface area contributed by atoms with Gasteiger partial charge >= 0.3 is 0 Å². The van der Waals surface area contributed by atoms with Crippen molar-refractivity contribution in [2.75, 3.05) is 39.3 Å². The second-order valence-corrected chi connectivity index (χ2v) is 13.0. The second kappa shape index (κ2) is 14.1. The van der Waals surface area contributed by atoms with E-state index in [0.717, 1.165) is 63.0 Å². The quantitative estimate of drug-likeness (QED) is 0.408. The number of nitrogens with two attached hydrogens (primary N) is 1. The molecule has 2 atom stereocenters. The predicted octanol–water partition coefficient (Wildman–Crippen LogP) is 5.99. The minimum absolute atomic E-state index is 0.00127. The molecule has 3 N–H and O–H groups in total. The summed E-state index contributed by atoms with van der Waals surface area (Å²) in [6, 6.07) is 13.5. The minimum atomic E-state index is -0.520. The van der Waals surface area contributed by atoms with Gasteiger partial charge in [-0.2, -0.15) is 0 Å². The average Bonchev–Trinajstić information content (AvgIpc) is 3.18. The van der Waals surface area contributed by atoms with Crippen molar-refractivity contribution in [3.63, 3.8) is 0 Å². The lowest BCUT2D eigenvalue weighted by Crippen LogP contribution is -2.46. The van der Waals surface area contributed by atoms with Gasteiger partial charge in [-0.3, -0.25) is 14.5 Å². The van der Waals surface area contributed by atoms with Crippen LogP contribution in [0.25, 0.3) is 0 Å². The first-order chi connectivity index (χ1) is 21.1. The molecule has 0 saturated carbocycles. The van der Waals surface area contributed by atoms with Crippen LogP contribution in [0.5, 0.6) is 11.5 Å². The smallest absolute Gasteiger partial charge is 0.253 e. The van der Waals surface area contributed by atoms with Crippen LogP contribution in [-0.2, 0) is 4.79 Å². The fourth-order valence-corrected chi connectivity index (χ4v) is 7.39. The maximum Gasteiger partial charge on any atom is 0.253 e. The third kappa shape index (κ3) is 7.15. The highest BCUT2D eigenvalue weighted by molar-refractivity contribution is 5.96. The number of nitrogens with one attached hydrogen (secondary N) is 1. The summed E-state index contributed by atoms with van der Waals surface area (Å²) in [5.74, 6) is 1.16. The van der Waals surface area contributed by atoms with Crippen molar-refractivity contribution in [3.8, 4) is 11.5 Å². The predicted molar refractivity (Wildman–Crippen MR) is 170 cm³/mol. The van der Waals surface area contributed by atoms with Gasteiger partial charge in [-0.15, -0.1) is 0 Å². The lowest BCUT2D eigenvalue weighted by Gasteiger charge is -2.35. The van der Waals surface area contributed by atoms with E-state index in [-0.39, 0.29) is 17.9 Å². The van der Waals surface area contributed by atoms with Crippen molar-refractivity contribution < 1.29 is 14.3 Å². The van der Waals surface area contributed by atoms with Crippen LogP contribution in [0.4, 0.5) is 0 Å². The Bertz CT molecular complexity index is 1320. The maximum atomic E-state index is 14.1. The SMILES string of the molecule is NC[C@H]1CCCN(C(=O)c2ccc3c(c2)[C@H](C(=O)NC2CCN(C/C4=C/CCCCCCC4)CC2)c2ccccc2O3)C1. The molecule has 4 aliphatic rings. The molecule has 3 heterocycles. The van der Waals surface area contributed by atoms with Crippen LogP contribution in [0, 0.1) is 5.92 Å². The normalized spacial score (nSPS) is 24.7. The lowest BCUT2D eigenvalue weighted by atomic mass is 9.85. The van der Waals surface area contributed by atoms with Gasteiger partial charge in [0.15, 0.2) is 0 Å². The number of nitrogens with zero attached hydrogens (tertiary/aromatic N) is 2. The zero-order valence-corrected chi connectivity index (χ0v) is 25.6. The zero-order chi connectivity index (χ0) is 29.6. The molecule has 1 aliphatic carbocycles. The molecule has 6 rings (SSSR count). The number of fused-ring (bicyclic) bond motifs is 2. The molecular formula is C36H48N4O3. The Morgan fingerprint density at radius 2 is 1.67 bits per heavy atom. The van der Waals surface area contributed by atoms with Crippen molar-refractivity contribution >= 4 is 11.8 Å². The van der Waals surface area contributed by atoms with E-state index in [1.165, 1.54) is 44.9 Å². The van der Waals surface area contributed by atoms with E-state index in [1.54, 1.807) is 5.57 Å². The van der Waals surface area contributed by atoms with Crippen molar-refractivity contribution in [3.05, 3.63) is 70.8 Å². The van der Waals surface area contributed by atoms with Gasteiger partial charge in [0.1, 0.15) is 11.5 Å². The lowest BCUT2D eigenvalue weighted by molar-refractivity contribution is -0.122. The minimum Gasteiger partial charge on any atom is -0.457 e. The molecule has 7 heteroatoms. The van der Waals surface area contributed by atoms with Crippen LogP contribution in [-0.4, -0.2) is 66.9 Å². The summed E-state index contributed by atoms with van der Waals surface area (Å²) in [6.07, 6.45) is 15.6. The number of carbonyl (C=O) groups is 2. The Morgan fingerprint density at radius 3 is 2.53 bits per heavy atom. The molecule has 2 amide bonds. The fraction of sp³-hybridized carbons (Fsp3) is 0.556. The van der Waals surface area contributed by atoms with Crippen molar-refractivity contribution in [1.82, 2.24) is 15.1 Å². The Balaban J connectivity index is 1.14. The van der Waals surface area contributed by atoms with Crippen LogP contribution in [0.2, 0.25) is 0 Å². The number of allylic oxidation sites excluding steroid dienone is 1. The first-order valence-corrected chi connectivity index (χ1v) is 16.7. The summed E-state index contributed by atoms with van der Waals surface area (Å²) < 4.78 is 6.24. The van der Waals surface area contributed by atoms with Gasteiger partial charge in [0.2, 0.25) is 5.91 Å². The average molecular weight is 585 g/mol. The van der Waals surface area contributed by atoms with Gasteiger partial charge in [0.05, 0.1) is 5.92 Å². The Labute approximate surface area is 256 Å². The number of hydrogen-bond acceptors (Lipinski definition) is 5. The molecular weight excluding hydrogens is 536 g/mol. The largest absolute Gasteiger partial charge is 0.457 e. The van der Waals surface area contributed by atoms with Gasteiger partial charge in [0, 0.05) is 55.5 Å². The van der Waals surface area contributed by atoms with Crippen LogP contribution in [0.1, 0.15) is 98.0 Å². The third-order valence-corrected chi connectivity index (χ3v) is 9.92. The third-order valence-electron chi connectivity index (χ3n) is 9.92. The molecule has 230 valence electrons. The van der Waals surface area contributed by atoms with Gasteiger partial charge < -0.3 is 20.7 Å². The standard InChI is InChI=1S/C36H48N4O3/c37-23-27-12-9-19-40(25-27)36(42)28-15-16-33-31(22-28)34(30-13-7-8-14-32(30)43-33)35(41)38-29-17-20-39(21-18-29)24-26-10-5-3-1-2-4-6-11-26/h7-8,10,13-16,22,27,29,34H,1-6,9,11-12,17-21,23-25,37H2,(H,38,41)/b26-10+/t27-,34-/m1/s1. The number of piperidine rings is 2. The topological polar surface area (TPSA) is 87.9 Å². The Hall–Kier alpha value is -3.16. The molecule has 3 aliphatic heterocycles. The summed E-state index contributed by atoms with van der Waals surface area (Å²) >= 11 is 0. The fourth-order valence-electron chi connectivity index (χ4n) is 7.39. The molecule has 0 bridgehead atoms. The number of para-hydroxylation sites is 1. The Morgan fingerprint density at radius 1 is 0.884 bits per heavy atom. The summed E-state index contributed by atoms with van der Waals surface area (Å²) in [5.41, 5.74) is 9.75. The van der Waals surface area contributed by atoms with Crippen LogP contribution in [0.3, 0.4) is 0 Å². The van der Waals surface area contributed by atoms with E-state index in [4.69, 9.17) is 10.5 Å². The van der Waals surface area contributed by atoms with Crippen LogP contribution >= 0.6 is 0 Å². The summed E-state index contributed by atoms with van der Waals surface area (Å²) in [7, 11) is 0. The number of amides is 2. The number of likely N-dealkylation sites (tertiary alicyclic amines) is 2. The maximum absolute atomic E-state index is 14.1. The number of ether oxygens (including phenoxy) is 1. The molecule has 7 nitrogen and oxygen atoms in total. The molecule has 2 saturated heterocycles. The number of carbonyl (C=O) groups excluding carboxylic acids is 2. The molecule has 0 radical (unpaired) electrons. The number of rotatable bonds is 6. The van der Waals surface area contributed by atoms with E-state index in [1.807, 2.05) is 47.4 Å². The first-order valence-electron chi connectivity index (χ1n) is 16.7. The highest BCUT2D eigenvalue weighted by atomic mass is 16.5. The molecule has 2 fully saturated rings. The summed E-state index contributed by atoms with van der Waals surface area (Å²) in [4.78, 5) is 32.1. The van der Waals surface area contributed by atoms with E-state index in [9.17, 15) is 9.59 Å². The van der Waals surface area contributed by atoms with Gasteiger partial charge in [-0.1, -0.05) is 49.1 Å². The van der Waals surface area contributed by atoms with E-state index >= 15 is 0 Å². The first kappa shape index (κ1) is 29.9. The van der Waals surface area contributed by atoms with Crippen molar-refractivity contribution in [2.24, 2.45) is 11.7 Å². The molecule has 0 spiro atoms. The van der Waals surface area contributed by atoms with Gasteiger partial charge in [0.25, 0.3) is 5.91 Å². The zero-order valence-electron chi connectivity index (χ0n) is 25.6. The van der Waals surface area contributed by atoms with Crippen LogP contribution in [0.15, 0.2) is 54.1 Å². The number of benzene rings is 2. The van der Waals surface area contributed by atoms with Gasteiger partial charge in [-0.05, 0) is 88.1 Å². The van der Waals surface area contributed by atoms with E-state index in [0.29, 0.717) is 36.1 Å². The molecule has 2 aromatic carbocycles. The van der Waals surface area contributed by atoms with E-state index < -0.39 is 5.92 Å². The molecule has 2 aromatic rings. The second-order valence-electron chi connectivity index (χ2n) is 13.0. The van der Waals surface area contributed by atoms with Crippen LogP contribution < -0.4 is 15.8 Å². The highest BCUT2D eigenvalue weighted by Gasteiger charge is 2.35. The molecule has 0 aromatic heterocycles.